The zero-order chi connectivity index (χ0) is 24.4. The molecule has 0 saturated carbocycles. The van der Waals surface area contributed by atoms with Gasteiger partial charge in [-0.05, 0) is 53.2 Å². The molecule has 0 aliphatic heterocycles. The zero-order valence-corrected chi connectivity index (χ0v) is 20.4. The second kappa shape index (κ2) is 9.68. The van der Waals surface area contributed by atoms with Crippen LogP contribution in [-0.4, -0.2) is 30.5 Å². The summed E-state index contributed by atoms with van der Waals surface area (Å²) in [5.41, 5.74) is 3.05. The third-order valence-electron chi connectivity index (χ3n) is 5.78. The maximum Gasteiger partial charge on any atom is 0.339 e. The number of carbonyl (C=O) groups is 2. The maximum atomic E-state index is 13.1. The largest absolute Gasteiger partial charge is 0.497 e. The van der Waals surface area contributed by atoms with Crippen molar-refractivity contribution in [2.24, 2.45) is 0 Å². The number of hydrogen-bond acceptors (Lipinski definition) is 5. The van der Waals surface area contributed by atoms with Crippen molar-refractivity contribution in [1.29, 1.82) is 0 Å². The molecule has 172 valence electrons. The topological polar surface area (TPSA) is 65.5 Å². The highest BCUT2D eigenvalue weighted by Crippen LogP contribution is 2.27. The maximum absolute atomic E-state index is 13.1. The lowest BCUT2D eigenvalue weighted by Crippen LogP contribution is -2.15. The number of ketones is 1. The highest BCUT2D eigenvalue weighted by Gasteiger charge is 2.17. The van der Waals surface area contributed by atoms with E-state index in [2.05, 4.69) is 15.9 Å². The molecule has 5 aromatic rings. The zero-order valence-electron chi connectivity index (χ0n) is 18.8. The van der Waals surface area contributed by atoms with Crippen molar-refractivity contribution >= 4 is 49.4 Å². The fourth-order valence-electron chi connectivity index (χ4n) is 3.93. The summed E-state index contributed by atoms with van der Waals surface area (Å²) in [4.78, 5) is 30.6. The molecule has 35 heavy (non-hydrogen) atoms. The lowest BCUT2D eigenvalue weighted by molar-refractivity contribution is 0.0477. The minimum Gasteiger partial charge on any atom is -0.497 e. The fraction of sp³-hybridized carbons (Fsp3) is 0.0690. The lowest BCUT2D eigenvalue weighted by Gasteiger charge is -2.10. The summed E-state index contributed by atoms with van der Waals surface area (Å²) >= 11 is 3.44. The summed E-state index contributed by atoms with van der Waals surface area (Å²) in [6, 6.07) is 27.8. The first-order chi connectivity index (χ1) is 17.0. The van der Waals surface area contributed by atoms with Crippen molar-refractivity contribution in [3.63, 3.8) is 0 Å². The molecule has 5 rings (SSSR count). The van der Waals surface area contributed by atoms with Gasteiger partial charge in [0.05, 0.1) is 23.9 Å². The number of benzene rings is 4. The number of esters is 1. The Morgan fingerprint density at radius 1 is 0.857 bits per heavy atom. The number of Topliss-reactive ketones (excluding diaryl/α,β-unsaturated/α-hetero) is 1. The Morgan fingerprint density at radius 2 is 1.60 bits per heavy atom. The van der Waals surface area contributed by atoms with Crippen LogP contribution < -0.4 is 4.74 Å². The molecular weight excluding hydrogens is 506 g/mol. The SMILES string of the molecule is COc1ccc2cc(C(=O)COC(=O)c3cc(-c4ccc(Br)cc4)nc4ccccc34)ccc2c1. The van der Waals surface area contributed by atoms with E-state index < -0.39 is 5.97 Å². The second-order valence-corrected chi connectivity index (χ2v) is 8.92. The van der Waals surface area contributed by atoms with Crippen LogP contribution in [0.5, 0.6) is 5.75 Å². The van der Waals surface area contributed by atoms with E-state index in [1.807, 2.05) is 72.8 Å². The number of methoxy groups -OCH3 is 1. The third kappa shape index (κ3) is 4.79. The number of halogens is 1. The van der Waals surface area contributed by atoms with E-state index in [4.69, 9.17) is 14.5 Å². The van der Waals surface area contributed by atoms with Gasteiger partial charge in [-0.3, -0.25) is 4.79 Å². The van der Waals surface area contributed by atoms with E-state index in [0.717, 1.165) is 26.6 Å². The number of carbonyl (C=O) groups excluding carboxylic acids is 2. The molecule has 5 nitrogen and oxygen atoms in total. The van der Waals surface area contributed by atoms with Gasteiger partial charge in [-0.1, -0.05) is 64.5 Å². The van der Waals surface area contributed by atoms with Crippen LogP contribution in [0.3, 0.4) is 0 Å². The lowest BCUT2D eigenvalue weighted by atomic mass is 10.0. The number of pyridine rings is 1. The van der Waals surface area contributed by atoms with Crippen LogP contribution in [-0.2, 0) is 4.74 Å². The summed E-state index contributed by atoms with van der Waals surface area (Å²) in [7, 11) is 1.61. The quantitative estimate of drug-likeness (QED) is 0.179. The van der Waals surface area contributed by atoms with Gasteiger partial charge >= 0.3 is 5.97 Å². The second-order valence-electron chi connectivity index (χ2n) is 8.01. The molecule has 1 heterocycles. The first kappa shape index (κ1) is 22.7. The highest BCUT2D eigenvalue weighted by molar-refractivity contribution is 9.10. The fourth-order valence-corrected chi connectivity index (χ4v) is 4.19. The van der Waals surface area contributed by atoms with Gasteiger partial charge in [-0.15, -0.1) is 0 Å². The van der Waals surface area contributed by atoms with Gasteiger partial charge in [-0.2, -0.15) is 0 Å². The van der Waals surface area contributed by atoms with Gasteiger partial charge in [0.25, 0.3) is 0 Å². The van der Waals surface area contributed by atoms with Crippen molar-refractivity contribution < 1.29 is 19.1 Å². The molecule has 0 fully saturated rings. The van der Waals surface area contributed by atoms with Crippen molar-refractivity contribution in [1.82, 2.24) is 4.98 Å². The molecule has 1 aromatic heterocycles. The molecule has 0 radical (unpaired) electrons. The monoisotopic (exact) mass is 525 g/mol. The van der Waals surface area contributed by atoms with Gasteiger partial charge in [-0.25, -0.2) is 9.78 Å². The van der Waals surface area contributed by atoms with Crippen LogP contribution in [0.1, 0.15) is 20.7 Å². The Balaban J connectivity index is 1.40. The van der Waals surface area contributed by atoms with E-state index in [9.17, 15) is 9.59 Å². The van der Waals surface area contributed by atoms with Crippen molar-refractivity contribution in [3.05, 3.63) is 107 Å². The Labute approximate surface area is 210 Å². The first-order valence-corrected chi connectivity index (χ1v) is 11.7. The van der Waals surface area contributed by atoms with Crippen LogP contribution in [0.15, 0.2) is 95.5 Å². The smallest absolute Gasteiger partial charge is 0.339 e. The van der Waals surface area contributed by atoms with Gasteiger partial charge in [0.2, 0.25) is 0 Å². The summed E-state index contributed by atoms with van der Waals surface area (Å²) < 4.78 is 11.7. The predicted molar refractivity (Wildman–Crippen MR) is 140 cm³/mol. The van der Waals surface area contributed by atoms with Gasteiger partial charge in [0.1, 0.15) is 5.75 Å². The Hall–Kier alpha value is -4.03. The third-order valence-corrected chi connectivity index (χ3v) is 6.31. The molecule has 0 amide bonds. The summed E-state index contributed by atoms with van der Waals surface area (Å²) in [5, 5.41) is 2.54. The van der Waals surface area contributed by atoms with E-state index in [1.165, 1.54) is 0 Å². The van der Waals surface area contributed by atoms with Crippen LogP contribution in [0, 0.1) is 0 Å². The molecule has 4 aromatic carbocycles. The average Bonchev–Trinajstić information content (AvgIpc) is 2.90. The molecule has 0 spiro atoms. The molecule has 0 aliphatic rings. The highest BCUT2D eigenvalue weighted by atomic mass is 79.9. The molecule has 0 N–H and O–H groups in total. The number of nitrogens with zero attached hydrogens (tertiary/aromatic N) is 1. The molecular formula is C29H20BrNO4. The van der Waals surface area contributed by atoms with Gasteiger partial charge in [0.15, 0.2) is 12.4 Å². The van der Waals surface area contributed by atoms with E-state index >= 15 is 0 Å². The number of ether oxygens (including phenoxy) is 2. The van der Waals surface area contributed by atoms with E-state index in [0.29, 0.717) is 27.7 Å². The average molecular weight is 526 g/mol. The molecule has 0 unspecified atom stereocenters. The molecule has 0 bridgehead atoms. The van der Waals surface area contributed by atoms with E-state index in [-0.39, 0.29) is 12.4 Å². The minimum atomic E-state index is -0.569. The van der Waals surface area contributed by atoms with Crippen molar-refractivity contribution in [3.8, 4) is 17.0 Å². The molecule has 6 heteroatoms. The Morgan fingerprint density at radius 3 is 2.40 bits per heavy atom. The molecule has 0 saturated heterocycles. The van der Waals surface area contributed by atoms with Crippen LogP contribution in [0.2, 0.25) is 0 Å². The number of fused-ring (bicyclic) bond motifs is 2. The Bertz CT molecular complexity index is 1580. The molecule has 0 atom stereocenters. The van der Waals surface area contributed by atoms with Crippen LogP contribution in [0.4, 0.5) is 0 Å². The number of aromatic nitrogens is 1. The predicted octanol–water partition coefficient (Wildman–Crippen LogP) is 6.87. The van der Waals surface area contributed by atoms with Crippen LogP contribution >= 0.6 is 15.9 Å². The van der Waals surface area contributed by atoms with Gasteiger partial charge in [0, 0.05) is 21.0 Å². The first-order valence-electron chi connectivity index (χ1n) is 11.0. The number of rotatable bonds is 6. The number of hydrogen-bond donors (Lipinski definition) is 0. The van der Waals surface area contributed by atoms with Crippen molar-refractivity contribution in [2.45, 2.75) is 0 Å². The van der Waals surface area contributed by atoms with Gasteiger partial charge < -0.3 is 9.47 Å². The summed E-state index contributed by atoms with van der Waals surface area (Å²) in [6.45, 7) is -0.356. The normalized spacial score (nSPS) is 10.9. The number of para-hydroxylation sites is 1. The summed E-state index contributed by atoms with van der Waals surface area (Å²) in [6.07, 6.45) is 0. The standard InChI is InChI=1S/C29H20BrNO4/c1-34-23-13-10-19-14-21(7-6-20(19)15-23)28(32)17-35-29(33)25-16-27(18-8-11-22(30)12-9-18)31-26-5-3-2-4-24(25)26/h2-16H,17H2,1H3. The minimum absolute atomic E-state index is 0.275. The Kier molecular flexibility index (Phi) is 6.29. The van der Waals surface area contributed by atoms with E-state index in [1.54, 1.807) is 25.3 Å². The molecule has 0 aliphatic carbocycles. The van der Waals surface area contributed by atoms with Crippen molar-refractivity contribution in [2.75, 3.05) is 13.7 Å². The summed E-state index contributed by atoms with van der Waals surface area (Å²) in [5.74, 6) is -0.0963. The van der Waals surface area contributed by atoms with Crippen LogP contribution in [0.25, 0.3) is 32.9 Å².